The molecular formula is C12H18ClNS. The molecule has 0 heterocycles. The largest absolute Gasteiger partial charge is 0.330 e. The van der Waals surface area contributed by atoms with Gasteiger partial charge in [0, 0.05) is 10.6 Å². The first-order chi connectivity index (χ1) is 7.13. The number of nitrogens with two attached hydrogens (primary N) is 1. The third-order valence-corrected chi connectivity index (χ3v) is 3.93. The van der Waals surface area contributed by atoms with E-state index in [2.05, 4.69) is 26.0 Å². The molecule has 0 bridgehead atoms. The van der Waals surface area contributed by atoms with Crippen molar-refractivity contribution in [1.82, 2.24) is 0 Å². The minimum Gasteiger partial charge on any atom is -0.330 e. The number of thioether (sulfide) groups is 1. The van der Waals surface area contributed by atoms with Gasteiger partial charge in [0.2, 0.25) is 0 Å². The molecule has 2 N–H and O–H groups in total. The fourth-order valence-electron chi connectivity index (χ4n) is 1.24. The molecule has 0 radical (unpaired) electrons. The summed E-state index contributed by atoms with van der Waals surface area (Å²) >= 11 is 8.01. The first-order valence-electron chi connectivity index (χ1n) is 5.24. The van der Waals surface area contributed by atoms with Crippen molar-refractivity contribution in [3.63, 3.8) is 0 Å². The molecule has 0 saturated carbocycles. The molecule has 1 rings (SSSR count). The summed E-state index contributed by atoms with van der Waals surface area (Å²) in [4.78, 5) is 1.17. The standard InChI is InChI=1S/C12H18ClNS/c1-9(2)8-15-12-4-3-10(5-6-14)7-11(12)13/h3-4,7,9H,5-6,8,14H2,1-2H3. The normalized spacial score (nSPS) is 11.0. The van der Waals surface area contributed by atoms with Gasteiger partial charge < -0.3 is 5.73 Å². The molecule has 1 aromatic carbocycles. The summed E-state index contributed by atoms with van der Waals surface area (Å²) in [5, 5.41) is 0.853. The lowest BCUT2D eigenvalue weighted by Gasteiger charge is -2.08. The van der Waals surface area contributed by atoms with E-state index >= 15 is 0 Å². The van der Waals surface area contributed by atoms with Crippen LogP contribution in [0.5, 0.6) is 0 Å². The summed E-state index contributed by atoms with van der Waals surface area (Å²) in [5.74, 6) is 1.80. The second-order valence-corrected chi connectivity index (χ2v) is 5.48. The van der Waals surface area contributed by atoms with Crippen LogP contribution in [0.2, 0.25) is 5.02 Å². The Kier molecular flexibility index (Phi) is 5.51. The zero-order chi connectivity index (χ0) is 11.3. The van der Waals surface area contributed by atoms with Crippen LogP contribution in [0.15, 0.2) is 23.1 Å². The van der Waals surface area contributed by atoms with Gasteiger partial charge in [-0.05, 0) is 36.6 Å². The van der Waals surface area contributed by atoms with Crippen LogP contribution in [0.25, 0.3) is 0 Å². The lowest BCUT2D eigenvalue weighted by molar-refractivity contribution is 0.750. The Morgan fingerprint density at radius 3 is 2.67 bits per heavy atom. The maximum atomic E-state index is 6.19. The lowest BCUT2D eigenvalue weighted by Crippen LogP contribution is -2.02. The van der Waals surface area contributed by atoms with Crippen LogP contribution < -0.4 is 5.73 Å². The van der Waals surface area contributed by atoms with Crippen molar-refractivity contribution in [2.45, 2.75) is 25.2 Å². The molecule has 0 aromatic heterocycles. The highest BCUT2D eigenvalue weighted by molar-refractivity contribution is 7.99. The third kappa shape index (κ3) is 4.45. The van der Waals surface area contributed by atoms with Crippen LogP contribution in [0.4, 0.5) is 0 Å². The number of hydrogen-bond donors (Lipinski definition) is 1. The number of benzene rings is 1. The Morgan fingerprint density at radius 2 is 2.13 bits per heavy atom. The average Bonchev–Trinajstić information content (AvgIpc) is 2.17. The van der Waals surface area contributed by atoms with Crippen molar-refractivity contribution in [3.05, 3.63) is 28.8 Å². The number of rotatable bonds is 5. The van der Waals surface area contributed by atoms with Crippen LogP contribution in [0.3, 0.4) is 0 Å². The molecule has 0 aliphatic rings. The van der Waals surface area contributed by atoms with Gasteiger partial charge in [-0.25, -0.2) is 0 Å². The maximum absolute atomic E-state index is 6.19. The molecular weight excluding hydrogens is 226 g/mol. The minimum absolute atomic E-state index is 0.675. The summed E-state index contributed by atoms with van der Waals surface area (Å²) in [6, 6.07) is 6.23. The zero-order valence-corrected chi connectivity index (χ0v) is 10.9. The van der Waals surface area contributed by atoms with Crippen molar-refractivity contribution in [2.75, 3.05) is 12.3 Å². The minimum atomic E-state index is 0.675. The molecule has 0 spiro atoms. The fourth-order valence-corrected chi connectivity index (χ4v) is 2.48. The summed E-state index contributed by atoms with van der Waals surface area (Å²) in [6.07, 6.45) is 0.898. The van der Waals surface area contributed by atoms with E-state index in [0.29, 0.717) is 12.5 Å². The Balaban J connectivity index is 2.66. The summed E-state index contributed by atoms with van der Waals surface area (Å²) in [6.45, 7) is 5.10. The molecule has 0 amide bonds. The smallest absolute Gasteiger partial charge is 0.0544 e. The Bertz CT molecular complexity index is 312. The Hall–Kier alpha value is -0.180. The van der Waals surface area contributed by atoms with Crippen LogP contribution in [0, 0.1) is 5.92 Å². The van der Waals surface area contributed by atoms with Crippen molar-refractivity contribution in [1.29, 1.82) is 0 Å². The van der Waals surface area contributed by atoms with Gasteiger partial charge in [0.1, 0.15) is 0 Å². The number of hydrogen-bond acceptors (Lipinski definition) is 2. The van der Waals surface area contributed by atoms with E-state index in [-0.39, 0.29) is 0 Å². The highest BCUT2D eigenvalue weighted by Gasteiger charge is 2.03. The van der Waals surface area contributed by atoms with Gasteiger partial charge in [0.25, 0.3) is 0 Å². The molecule has 1 aromatic rings. The predicted molar refractivity (Wildman–Crippen MR) is 69.8 cm³/mol. The van der Waals surface area contributed by atoms with Crippen LogP contribution in [0.1, 0.15) is 19.4 Å². The van der Waals surface area contributed by atoms with E-state index in [4.69, 9.17) is 17.3 Å². The van der Waals surface area contributed by atoms with Gasteiger partial charge in [0.05, 0.1) is 5.02 Å². The first kappa shape index (κ1) is 12.9. The second kappa shape index (κ2) is 6.41. The van der Waals surface area contributed by atoms with Gasteiger partial charge >= 0.3 is 0 Å². The van der Waals surface area contributed by atoms with Crippen LogP contribution in [-0.2, 0) is 6.42 Å². The van der Waals surface area contributed by atoms with E-state index in [9.17, 15) is 0 Å². The highest BCUT2D eigenvalue weighted by Crippen LogP contribution is 2.29. The maximum Gasteiger partial charge on any atom is 0.0544 e. The molecule has 0 aliphatic heterocycles. The van der Waals surface area contributed by atoms with Gasteiger partial charge in [-0.15, -0.1) is 11.8 Å². The fraction of sp³-hybridized carbons (Fsp3) is 0.500. The molecule has 3 heteroatoms. The molecule has 0 saturated heterocycles. The van der Waals surface area contributed by atoms with Crippen molar-refractivity contribution in [3.8, 4) is 0 Å². The Morgan fingerprint density at radius 1 is 1.40 bits per heavy atom. The predicted octanol–water partition coefficient (Wildman–Crippen LogP) is 3.59. The van der Waals surface area contributed by atoms with Crippen LogP contribution in [-0.4, -0.2) is 12.3 Å². The monoisotopic (exact) mass is 243 g/mol. The molecule has 0 unspecified atom stereocenters. The molecule has 0 fully saturated rings. The second-order valence-electron chi connectivity index (χ2n) is 4.01. The average molecular weight is 244 g/mol. The van der Waals surface area contributed by atoms with E-state index in [1.807, 2.05) is 17.8 Å². The van der Waals surface area contributed by atoms with Crippen molar-refractivity contribution < 1.29 is 0 Å². The van der Waals surface area contributed by atoms with Gasteiger partial charge in [-0.3, -0.25) is 0 Å². The van der Waals surface area contributed by atoms with Crippen LogP contribution >= 0.6 is 23.4 Å². The van der Waals surface area contributed by atoms with E-state index in [1.165, 1.54) is 10.5 Å². The summed E-state index contributed by atoms with van der Waals surface area (Å²) in [7, 11) is 0. The summed E-state index contributed by atoms with van der Waals surface area (Å²) < 4.78 is 0. The molecule has 0 aliphatic carbocycles. The van der Waals surface area contributed by atoms with Crippen molar-refractivity contribution >= 4 is 23.4 Å². The van der Waals surface area contributed by atoms with Gasteiger partial charge in [-0.1, -0.05) is 31.5 Å². The van der Waals surface area contributed by atoms with E-state index in [0.717, 1.165) is 17.2 Å². The third-order valence-electron chi connectivity index (χ3n) is 2.00. The molecule has 1 nitrogen and oxygen atoms in total. The van der Waals surface area contributed by atoms with Gasteiger partial charge in [0.15, 0.2) is 0 Å². The van der Waals surface area contributed by atoms with E-state index in [1.54, 1.807) is 0 Å². The molecule has 84 valence electrons. The topological polar surface area (TPSA) is 26.0 Å². The highest BCUT2D eigenvalue weighted by atomic mass is 35.5. The summed E-state index contributed by atoms with van der Waals surface area (Å²) in [5.41, 5.74) is 6.72. The molecule has 15 heavy (non-hydrogen) atoms. The van der Waals surface area contributed by atoms with Crippen molar-refractivity contribution in [2.24, 2.45) is 11.7 Å². The van der Waals surface area contributed by atoms with E-state index < -0.39 is 0 Å². The quantitative estimate of drug-likeness (QED) is 0.800. The SMILES string of the molecule is CC(C)CSc1ccc(CCN)cc1Cl. The molecule has 0 atom stereocenters. The first-order valence-corrected chi connectivity index (χ1v) is 6.61. The zero-order valence-electron chi connectivity index (χ0n) is 9.29. The Labute approximate surface area is 101 Å². The van der Waals surface area contributed by atoms with Gasteiger partial charge in [-0.2, -0.15) is 0 Å². The lowest BCUT2D eigenvalue weighted by atomic mass is 10.1. The number of halogens is 1.